The number of hydrogen-bond donors (Lipinski definition) is 0. The molecule has 0 aromatic rings. The van der Waals surface area contributed by atoms with Crippen LogP contribution in [0.3, 0.4) is 0 Å². The summed E-state index contributed by atoms with van der Waals surface area (Å²) in [6, 6.07) is 0. The van der Waals surface area contributed by atoms with Gasteiger partial charge in [0.1, 0.15) is 37.4 Å². The van der Waals surface area contributed by atoms with Gasteiger partial charge in [-0.15, -0.1) is 0 Å². The molecule has 1 saturated heterocycles. The number of likely N-dealkylation sites (N-methyl/N-ethyl adjacent to an activating group) is 2. The van der Waals surface area contributed by atoms with E-state index in [-0.39, 0.29) is 11.9 Å². The Hall–Kier alpha value is -1.14. The van der Waals surface area contributed by atoms with Crippen molar-refractivity contribution in [2.24, 2.45) is 0 Å². The van der Waals surface area contributed by atoms with Gasteiger partial charge < -0.3 is 18.4 Å². The summed E-state index contributed by atoms with van der Waals surface area (Å²) in [5.41, 5.74) is -0.902. The van der Waals surface area contributed by atoms with Crippen molar-refractivity contribution in [3.05, 3.63) is 0 Å². The molecule has 0 aliphatic carbocycles. The first kappa shape index (κ1) is 20.9. The van der Waals surface area contributed by atoms with Crippen LogP contribution in [-0.4, -0.2) is 85.5 Å². The van der Waals surface area contributed by atoms with Gasteiger partial charge in [0, 0.05) is 0 Å². The molecule has 140 valence electrons. The van der Waals surface area contributed by atoms with Gasteiger partial charge in [0.2, 0.25) is 0 Å². The lowest BCUT2D eigenvalue weighted by Gasteiger charge is -2.45. The minimum absolute atomic E-state index is 0.159. The Kier molecular flexibility index (Phi) is 6.10. The maximum atomic E-state index is 12.1. The molecule has 0 saturated carbocycles. The summed E-state index contributed by atoms with van der Waals surface area (Å²) in [5, 5.41) is 0. The summed E-state index contributed by atoms with van der Waals surface area (Å²) >= 11 is 0. The van der Waals surface area contributed by atoms with Crippen molar-refractivity contribution in [1.82, 2.24) is 0 Å². The molecule has 24 heavy (non-hydrogen) atoms. The Morgan fingerprint density at radius 2 is 0.958 bits per heavy atom. The Morgan fingerprint density at radius 3 is 1.17 bits per heavy atom. The summed E-state index contributed by atoms with van der Waals surface area (Å²) < 4.78 is 12.2. The minimum atomic E-state index is -0.451. The Morgan fingerprint density at radius 1 is 0.708 bits per heavy atom. The molecule has 1 fully saturated rings. The second-order valence-electron chi connectivity index (χ2n) is 9.62. The molecule has 0 bridgehead atoms. The molecule has 6 heteroatoms. The molecular formula is C18H36N2O4+2. The minimum Gasteiger partial charge on any atom is -0.456 e. The predicted molar refractivity (Wildman–Crippen MR) is 93.3 cm³/mol. The van der Waals surface area contributed by atoms with Crippen molar-refractivity contribution in [2.75, 3.05) is 53.4 Å². The van der Waals surface area contributed by atoms with Crippen molar-refractivity contribution in [1.29, 1.82) is 0 Å². The maximum Gasteiger partial charge on any atom is 0.362 e. The molecule has 0 aromatic carbocycles. The molecule has 6 nitrogen and oxygen atoms in total. The molecule has 0 unspecified atom stereocenters. The molecule has 0 aromatic heterocycles. The molecule has 1 heterocycles. The van der Waals surface area contributed by atoms with E-state index in [0.29, 0.717) is 22.1 Å². The number of nitrogens with zero attached hydrogens (tertiary/aromatic N) is 2. The summed E-state index contributed by atoms with van der Waals surface area (Å²) in [5.74, 6) is -0.318. The van der Waals surface area contributed by atoms with E-state index >= 15 is 0 Å². The highest BCUT2D eigenvalue weighted by atomic mass is 16.6. The number of quaternary nitrogens is 2. The number of rotatable bonds is 4. The van der Waals surface area contributed by atoms with Gasteiger partial charge in [0.05, 0.1) is 14.1 Å². The molecule has 0 spiro atoms. The van der Waals surface area contributed by atoms with E-state index in [1.165, 1.54) is 0 Å². The van der Waals surface area contributed by atoms with E-state index in [1.54, 1.807) is 0 Å². The van der Waals surface area contributed by atoms with Crippen molar-refractivity contribution in [3.63, 3.8) is 0 Å². The van der Waals surface area contributed by atoms with Gasteiger partial charge in [-0.25, -0.2) is 9.59 Å². The lowest BCUT2D eigenvalue weighted by Crippen LogP contribution is -2.66. The number of piperazine rings is 1. The predicted octanol–water partition coefficient (Wildman–Crippen LogP) is 1.58. The normalized spacial score (nSPS) is 28.3. The zero-order chi connectivity index (χ0) is 18.8. The topological polar surface area (TPSA) is 52.6 Å². The number of carbonyl (C=O) groups excluding carboxylic acids is 2. The van der Waals surface area contributed by atoms with E-state index in [9.17, 15) is 9.59 Å². The van der Waals surface area contributed by atoms with Crippen LogP contribution in [0.15, 0.2) is 0 Å². The van der Waals surface area contributed by atoms with Crippen LogP contribution >= 0.6 is 0 Å². The highest BCUT2D eigenvalue weighted by Gasteiger charge is 2.41. The number of ether oxygens (including phenoxy) is 2. The number of esters is 2. The fourth-order valence-corrected chi connectivity index (χ4v) is 2.88. The molecule has 0 N–H and O–H groups in total. The zero-order valence-corrected chi connectivity index (χ0v) is 16.8. The zero-order valence-electron chi connectivity index (χ0n) is 16.8. The Balaban J connectivity index is 2.55. The summed E-state index contributed by atoms with van der Waals surface area (Å²) in [6.07, 6.45) is 0. The van der Waals surface area contributed by atoms with Crippen molar-refractivity contribution < 1.29 is 28.0 Å². The molecule has 0 amide bonds. The molecule has 1 aliphatic heterocycles. The van der Waals surface area contributed by atoms with Crippen LogP contribution in [-0.2, 0) is 19.1 Å². The van der Waals surface area contributed by atoms with E-state index in [1.807, 2.05) is 41.5 Å². The average molecular weight is 344 g/mol. The SMILES string of the molecule is CC(C)(C)OC(=O)C[N+]1(C)CC[N+](C)(CC(=O)OC(C)(C)C)CC1. The van der Waals surface area contributed by atoms with Crippen LogP contribution < -0.4 is 0 Å². The molecule has 1 rings (SSSR count). The van der Waals surface area contributed by atoms with Crippen LogP contribution in [0.25, 0.3) is 0 Å². The highest BCUT2D eigenvalue weighted by molar-refractivity contribution is 5.71. The lowest BCUT2D eigenvalue weighted by molar-refractivity contribution is -1.01. The second-order valence-corrected chi connectivity index (χ2v) is 9.62. The Labute approximate surface area is 146 Å². The van der Waals surface area contributed by atoms with Gasteiger partial charge in [-0.2, -0.15) is 0 Å². The first-order valence-corrected chi connectivity index (χ1v) is 8.72. The maximum absolute atomic E-state index is 12.1. The van der Waals surface area contributed by atoms with Gasteiger partial charge in [-0.3, -0.25) is 0 Å². The van der Waals surface area contributed by atoms with Crippen LogP contribution in [0.5, 0.6) is 0 Å². The van der Waals surface area contributed by atoms with Gasteiger partial charge >= 0.3 is 11.9 Å². The van der Waals surface area contributed by atoms with Crippen LogP contribution in [0.1, 0.15) is 41.5 Å². The van der Waals surface area contributed by atoms with E-state index in [4.69, 9.17) is 9.47 Å². The average Bonchev–Trinajstić information content (AvgIpc) is 2.28. The largest absolute Gasteiger partial charge is 0.456 e. The van der Waals surface area contributed by atoms with Crippen LogP contribution in [0.2, 0.25) is 0 Å². The summed E-state index contributed by atoms with van der Waals surface area (Å²) in [4.78, 5) is 24.2. The summed E-state index contributed by atoms with van der Waals surface area (Å²) in [7, 11) is 4.17. The van der Waals surface area contributed by atoms with Crippen molar-refractivity contribution >= 4 is 11.9 Å². The third-order valence-corrected chi connectivity index (χ3v) is 4.22. The summed E-state index contributed by atoms with van der Waals surface area (Å²) in [6.45, 7) is 15.4. The van der Waals surface area contributed by atoms with Gasteiger partial charge in [-0.05, 0) is 41.5 Å². The lowest BCUT2D eigenvalue weighted by atomic mass is 10.2. The van der Waals surface area contributed by atoms with Gasteiger partial charge in [0.15, 0.2) is 13.1 Å². The first-order chi connectivity index (χ1) is 10.6. The number of hydrogen-bond acceptors (Lipinski definition) is 4. The third kappa shape index (κ3) is 7.62. The van der Waals surface area contributed by atoms with Gasteiger partial charge in [-0.1, -0.05) is 0 Å². The van der Waals surface area contributed by atoms with Crippen molar-refractivity contribution in [2.45, 2.75) is 52.7 Å². The molecule has 1 aliphatic rings. The number of carbonyl (C=O) groups is 2. The standard InChI is InChI=1S/C18H36N2O4/c1-17(2,3)23-15(21)13-19(7)9-11-20(8,12-10-19)14-16(22)24-18(4,5)6/h9-14H2,1-8H3/q+2. The monoisotopic (exact) mass is 344 g/mol. The highest BCUT2D eigenvalue weighted by Crippen LogP contribution is 2.18. The fourth-order valence-electron chi connectivity index (χ4n) is 2.88. The second kappa shape index (κ2) is 7.00. The fraction of sp³-hybridized carbons (Fsp3) is 0.889. The van der Waals surface area contributed by atoms with E-state index in [0.717, 1.165) is 26.2 Å². The first-order valence-electron chi connectivity index (χ1n) is 8.72. The van der Waals surface area contributed by atoms with Crippen LogP contribution in [0.4, 0.5) is 0 Å². The Bertz CT molecular complexity index is 422. The molecular weight excluding hydrogens is 308 g/mol. The quantitative estimate of drug-likeness (QED) is 0.574. The van der Waals surface area contributed by atoms with E-state index in [2.05, 4.69) is 14.1 Å². The van der Waals surface area contributed by atoms with Crippen LogP contribution in [0, 0.1) is 0 Å². The molecule has 0 radical (unpaired) electrons. The smallest absolute Gasteiger partial charge is 0.362 e. The van der Waals surface area contributed by atoms with E-state index < -0.39 is 11.2 Å². The van der Waals surface area contributed by atoms with Crippen molar-refractivity contribution in [3.8, 4) is 0 Å². The third-order valence-electron chi connectivity index (χ3n) is 4.22. The molecule has 0 atom stereocenters. The van der Waals surface area contributed by atoms with Gasteiger partial charge in [0.25, 0.3) is 0 Å².